The molecule has 1 aliphatic rings. The number of nitrogens with zero attached hydrogens (tertiary/aromatic N) is 1. The number of hydrogen-bond donors (Lipinski definition) is 1. The summed E-state index contributed by atoms with van der Waals surface area (Å²) in [6.07, 6.45) is -0.175. The highest BCUT2D eigenvalue weighted by Gasteiger charge is 2.23. The molecule has 3 aromatic rings. The standard InChI is InChI=1S/C21H18N2O/c1-24-19-14-8-6-12-17(19)21-22-18-13-7-5-11-16(18)20(23-21)15-9-3-2-4-10-15/h2-14,21-22H,1H3. The average molecular weight is 314 g/mol. The number of ether oxygens (including phenoxy) is 1. The van der Waals surface area contributed by atoms with Crippen LogP contribution in [-0.4, -0.2) is 12.8 Å². The normalized spacial score (nSPS) is 15.9. The summed E-state index contributed by atoms with van der Waals surface area (Å²) in [5.74, 6) is 0.838. The van der Waals surface area contributed by atoms with Crippen LogP contribution in [0.2, 0.25) is 0 Å². The largest absolute Gasteiger partial charge is 0.496 e. The zero-order valence-electron chi connectivity index (χ0n) is 13.4. The van der Waals surface area contributed by atoms with E-state index in [4.69, 9.17) is 9.73 Å². The maximum Gasteiger partial charge on any atom is 0.149 e. The van der Waals surface area contributed by atoms with Gasteiger partial charge in [0.25, 0.3) is 0 Å². The summed E-state index contributed by atoms with van der Waals surface area (Å²) < 4.78 is 5.52. The first-order chi connectivity index (χ1) is 11.9. The van der Waals surface area contributed by atoms with Crippen molar-refractivity contribution in [2.24, 2.45) is 4.99 Å². The summed E-state index contributed by atoms with van der Waals surface area (Å²) in [7, 11) is 1.69. The van der Waals surface area contributed by atoms with Crippen molar-refractivity contribution in [1.29, 1.82) is 0 Å². The molecule has 3 aromatic carbocycles. The molecule has 0 radical (unpaired) electrons. The Labute approximate surface area is 141 Å². The Bertz CT molecular complexity index is 887. The Morgan fingerprint density at radius 1 is 0.833 bits per heavy atom. The van der Waals surface area contributed by atoms with Gasteiger partial charge in [0.1, 0.15) is 11.9 Å². The van der Waals surface area contributed by atoms with Gasteiger partial charge in [-0.25, -0.2) is 0 Å². The lowest BCUT2D eigenvalue weighted by Crippen LogP contribution is -2.21. The molecule has 0 spiro atoms. The van der Waals surface area contributed by atoms with Gasteiger partial charge in [-0.2, -0.15) is 0 Å². The van der Waals surface area contributed by atoms with Gasteiger partial charge in [-0.1, -0.05) is 66.7 Å². The predicted octanol–water partition coefficient (Wildman–Crippen LogP) is 4.66. The zero-order chi connectivity index (χ0) is 16.4. The van der Waals surface area contributed by atoms with Crippen molar-refractivity contribution in [3.8, 4) is 5.75 Å². The monoisotopic (exact) mass is 314 g/mol. The van der Waals surface area contributed by atoms with E-state index in [-0.39, 0.29) is 6.17 Å². The lowest BCUT2D eigenvalue weighted by atomic mass is 9.97. The number of anilines is 1. The van der Waals surface area contributed by atoms with Crippen molar-refractivity contribution < 1.29 is 4.74 Å². The number of nitrogens with one attached hydrogen (secondary N) is 1. The first kappa shape index (κ1) is 14.5. The summed E-state index contributed by atoms with van der Waals surface area (Å²) in [6.45, 7) is 0. The number of fused-ring (bicyclic) bond motifs is 1. The fourth-order valence-corrected chi connectivity index (χ4v) is 3.06. The molecule has 0 amide bonds. The van der Waals surface area contributed by atoms with E-state index in [1.165, 1.54) is 0 Å². The Kier molecular flexibility index (Phi) is 3.75. The highest BCUT2D eigenvalue weighted by atomic mass is 16.5. The molecule has 1 N–H and O–H groups in total. The Morgan fingerprint density at radius 2 is 1.54 bits per heavy atom. The molecule has 0 saturated carbocycles. The minimum absolute atomic E-state index is 0.175. The lowest BCUT2D eigenvalue weighted by molar-refractivity contribution is 0.407. The highest BCUT2D eigenvalue weighted by Crippen LogP contribution is 2.35. The van der Waals surface area contributed by atoms with Crippen LogP contribution in [0.15, 0.2) is 83.9 Å². The second kappa shape index (κ2) is 6.20. The number of aliphatic imine (C=N–C) groups is 1. The van der Waals surface area contributed by atoms with E-state index in [9.17, 15) is 0 Å². The van der Waals surface area contributed by atoms with Gasteiger partial charge in [0.2, 0.25) is 0 Å². The third kappa shape index (κ3) is 2.54. The molecule has 0 bridgehead atoms. The molecule has 1 heterocycles. The molecule has 118 valence electrons. The van der Waals surface area contributed by atoms with Gasteiger partial charge in [-0.05, 0) is 12.1 Å². The zero-order valence-corrected chi connectivity index (χ0v) is 13.4. The summed E-state index contributed by atoms with van der Waals surface area (Å²) in [4.78, 5) is 5.00. The first-order valence-electron chi connectivity index (χ1n) is 7.99. The second-order valence-corrected chi connectivity index (χ2v) is 5.68. The maximum absolute atomic E-state index is 5.52. The average Bonchev–Trinajstić information content (AvgIpc) is 2.67. The molecule has 1 atom stereocenters. The van der Waals surface area contributed by atoms with Crippen molar-refractivity contribution in [2.45, 2.75) is 6.17 Å². The molecule has 0 fully saturated rings. The van der Waals surface area contributed by atoms with Gasteiger partial charge in [-0.15, -0.1) is 0 Å². The minimum Gasteiger partial charge on any atom is -0.496 e. The smallest absolute Gasteiger partial charge is 0.149 e. The van der Waals surface area contributed by atoms with Gasteiger partial charge in [0.05, 0.1) is 12.8 Å². The third-order valence-electron chi connectivity index (χ3n) is 4.21. The Hall–Kier alpha value is -3.07. The highest BCUT2D eigenvalue weighted by molar-refractivity contribution is 6.16. The fraction of sp³-hybridized carbons (Fsp3) is 0.0952. The summed E-state index contributed by atoms with van der Waals surface area (Å²) in [5.41, 5.74) is 5.35. The van der Waals surface area contributed by atoms with Crippen molar-refractivity contribution in [3.05, 3.63) is 95.6 Å². The fourth-order valence-electron chi connectivity index (χ4n) is 3.06. The van der Waals surface area contributed by atoms with Gasteiger partial charge >= 0.3 is 0 Å². The summed E-state index contributed by atoms with van der Waals surface area (Å²) >= 11 is 0. The van der Waals surface area contributed by atoms with Gasteiger partial charge in [0, 0.05) is 22.4 Å². The van der Waals surface area contributed by atoms with Gasteiger partial charge < -0.3 is 10.1 Å². The molecule has 1 aliphatic heterocycles. The molecule has 0 saturated heterocycles. The van der Waals surface area contributed by atoms with Crippen molar-refractivity contribution in [3.63, 3.8) is 0 Å². The van der Waals surface area contributed by atoms with E-state index in [1.807, 2.05) is 48.5 Å². The van der Waals surface area contributed by atoms with Crippen LogP contribution in [0, 0.1) is 0 Å². The molecule has 0 aliphatic carbocycles. The van der Waals surface area contributed by atoms with E-state index in [0.717, 1.165) is 33.8 Å². The van der Waals surface area contributed by atoms with Gasteiger partial charge in [-0.3, -0.25) is 4.99 Å². The van der Waals surface area contributed by atoms with E-state index in [1.54, 1.807) is 7.11 Å². The molecule has 1 unspecified atom stereocenters. The van der Waals surface area contributed by atoms with Crippen LogP contribution >= 0.6 is 0 Å². The van der Waals surface area contributed by atoms with Crippen molar-refractivity contribution >= 4 is 11.4 Å². The quantitative estimate of drug-likeness (QED) is 0.763. The van der Waals surface area contributed by atoms with Crippen LogP contribution in [0.25, 0.3) is 0 Å². The molecular formula is C21H18N2O. The van der Waals surface area contributed by atoms with Crippen molar-refractivity contribution in [1.82, 2.24) is 0 Å². The van der Waals surface area contributed by atoms with Crippen LogP contribution in [0.4, 0.5) is 5.69 Å². The number of hydrogen-bond acceptors (Lipinski definition) is 3. The Morgan fingerprint density at radius 3 is 2.38 bits per heavy atom. The number of rotatable bonds is 3. The molecule has 4 rings (SSSR count). The van der Waals surface area contributed by atoms with Crippen LogP contribution in [0.3, 0.4) is 0 Å². The number of benzene rings is 3. The van der Waals surface area contributed by atoms with Crippen LogP contribution < -0.4 is 10.1 Å². The molecule has 3 nitrogen and oxygen atoms in total. The number of para-hydroxylation sites is 2. The van der Waals surface area contributed by atoms with E-state index >= 15 is 0 Å². The molecule has 3 heteroatoms. The topological polar surface area (TPSA) is 33.6 Å². The van der Waals surface area contributed by atoms with Crippen LogP contribution in [-0.2, 0) is 0 Å². The maximum atomic E-state index is 5.52. The Balaban J connectivity index is 1.87. The van der Waals surface area contributed by atoms with Crippen molar-refractivity contribution in [2.75, 3.05) is 12.4 Å². The van der Waals surface area contributed by atoms with E-state index in [0.29, 0.717) is 0 Å². The molecule has 24 heavy (non-hydrogen) atoms. The third-order valence-corrected chi connectivity index (χ3v) is 4.21. The minimum atomic E-state index is -0.175. The first-order valence-corrected chi connectivity index (χ1v) is 7.99. The van der Waals surface area contributed by atoms with Crippen LogP contribution in [0.5, 0.6) is 5.75 Å². The predicted molar refractivity (Wildman–Crippen MR) is 97.9 cm³/mol. The summed E-state index contributed by atoms with van der Waals surface area (Å²) in [6, 6.07) is 26.6. The molecule has 0 aromatic heterocycles. The lowest BCUT2D eigenvalue weighted by Gasteiger charge is -2.27. The molecular weight excluding hydrogens is 296 g/mol. The van der Waals surface area contributed by atoms with E-state index in [2.05, 4.69) is 35.6 Å². The SMILES string of the molecule is COc1ccccc1C1N=C(c2ccccc2)c2ccccc2N1. The van der Waals surface area contributed by atoms with Crippen LogP contribution in [0.1, 0.15) is 22.9 Å². The second-order valence-electron chi connectivity index (χ2n) is 5.68. The number of methoxy groups -OCH3 is 1. The van der Waals surface area contributed by atoms with Gasteiger partial charge in [0.15, 0.2) is 0 Å². The van der Waals surface area contributed by atoms with E-state index < -0.39 is 0 Å². The summed E-state index contributed by atoms with van der Waals surface area (Å²) in [5, 5.41) is 3.52.